The Balaban J connectivity index is 1.67. The van der Waals surface area contributed by atoms with E-state index in [1.165, 1.54) is 32.2 Å². The van der Waals surface area contributed by atoms with Crippen LogP contribution in [0.4, 0.5) is 0 Å². The fourth-order valence-electron chi connectivity index (χ4n) is 4.95. The average molecular weight is 362 g/mol. The number of fused-ring (bicyclic) bond motifs is 2. The predicted molar refractivity (Wildman–Crippen MR) is 112 cm³/mol. The summed E-state index contributed by atoms with van der Waals surface area (Å²) in [6.07, 6.45) is 1.73. The fourth-order valence-corrected chi connectivity index (χ4v) is 4.95. The lowest BCUT2D eigenvalue weighted by atomic mass is 9.79. The van der Waals surface area contributed by atoms with Gasteiger partial charge >= 0.3 is 0 Å². The number of hydrogen-bond donors (Lipinski definition) is 1. The molecule has 0 unspecified atom stereocenters. The second kappa shape index (κ2) is 6.59. The molecule has 0 amide bonds. The fraction of sp³-hybridized carbons (Fsp3) is 0.417. The molecule has 1 aliphatic heterocycles. The lowest BCUT2D eigenvalue weighted by Gasteiger charge is -2.50. The van der Waals surface area contributed by atoms with E-state index in [0.717, 1.165) is 19.4 Å². The van der Waals surface area contributed by atoms with Crippen LogP contribution in [0, 0.1) is 0 Å². The van der Waals surface area contributed by atoms with Crippen LogP contribution in [-0.2, 0) is 11.8 Å². The minimum Gasteiger partial charge on any atom is -0.310 e. The summed E-state index contributed by atoms with van der Waals surface area (Å²) in [5.41, 5.74) is 0.657. The summed E-state index contributed by atoms with van der Waals surface area (Å²) in [4.78, 5) is 0. The Morgan fingerprint density at radius 1 is 0.889 bits per heavy atom. The van der Waals surface area contributed by atoms with Gasteiger partial charge in [-0.05, 0) is 73.7 Å². The molecule has 0 bridgehead atoms. The zero-order chi connectivity index (χ0) is 19.2. The molecule has 27 heavy (non-hydrogen) atoms. The second-order valence-electron chi connectivity index (χ2n) is 9.20. The van der Waals surface area contributed by atoms with Gasteiger partial charge in [0.1, 0.15) is 0 Å². The SMILES string of the molecule is CC1(C)CC(NCc2c3ccccc3cc3ccccc23)CC(C)(C)N1[O]. The second-order valence-corrected chi connectivity index (χ2v) is 9.20. The van der Waals surface area contributed by atoms with E-state index in [1.54, 1.807) is 0 Å². The molecular formula is C24H29N2O. The Hall–Kier alpha value is -1.94. The maximum absolute atomic E-state index is 12.6. The topological polar surface area (TPSA) is 35.2 Å². The van der Waals surface area contributed by atoms with Gasteiger partial charge in [0.2, 0.25) is 0 Å². The van der Waals surface area contributed by atoms with Crippen LogP contribution in [0.3, 0.4) is 0 Å². The Morgan fingerprint density at radius 3 is 1.89 bits per heavy atom. The van der Waals surface area contributed by atoms with Crippen molar-refractivity contribution in [3.8, 4) is 0 Å². The van der Waals surface area contributed by atoms with Crippen molar-refractivity contribution in [2.45, 2.75) is 64.2 Å². The minimum absolute atomic E-state index is 0.331. The molecule has 1 saturated heterocycles. The summed E-state index contributed by atoms with van der Waals surface area (Å²) < 4.78 is 0. The van der Waals surface area contributed by atoms with Gasteiger partial charge in [0.15, 0.2) is 0 Å². The van der Waals surface area contributed by atoms with Gasteiger partial charge in [0, 0.05) is 23.7 Å². The molecule has 0 atom stereocenters. The molecule has 0 aliphatic carbocycles. The molecule has 3 aromatic carbocycles. The molecule has 141 valence electrons. The van der Waals surface area contributed by atoms with E-state index in [1.807, 2.05) is 0 Å². The Bertz CT molecular complexity index is 904. The van der Waals surface area contributed by atoms with Crippen molar-refractivity contribution in [2.24, 2.45) is 0 Å². The third-order valence-corrected chi connectivity index (χ3v) is 6.04. The molecule has 1 heterocycles. The van der Waals surface area contributed by atoms with Crippen molar-refractivity contribution in [2.75, 3.05) is 0 Å². The predicted octanol–water partition coefficient (Wildman–Crippen LogP) is 5.45. The zero-order valence-corrected chi connectivity index (χ0v) is 16.8. The molecule has 0 saturated carbocycles. The molecule has 0 spiro atoms. The summed E-state index contributed by atoms with van der Waals surface area (Å²) in [5.74, 6) is 0. The van der Waals surface area contributed by atoms with Crippen LogP contribution < -0.4 is 5.32 Å². The van der Waals surface area contributed by atoms with Crippen LogP contribution in [0.1, 0.15) is 46.1 Å². The van der Waals surface area contributed by atoms with Crippen LogP contribution in [-0.4, -0.2) is 22.2 Å². The van der Waals surface area contributed by atoms with Gasteiger partial charge in [0.25, 0.3) is 0 Å². The molecule has 0 aromatic heterocycles. The molecular weight excluding hydrogens is 332 g/mol. The molecule has 1 fully saturated rings. The summed E-state index contributed by atoms with van der Waals surface area (Å²) in [6, 6.07) is 19.8. The molecule has 1 radical (unpaired) electrons. The lowest BCUT2D eigenvalue weighted by Crippen LogP contribution is -2.61. The number of rotatable bonds is 3. The first-order chi connectivity index (χ1) is 12.8. The number of nitrogens with zero attached hydrogens (tertiary/aromatic N) is 1. The third kappa shape index (κ3) is 3.36. The first-order valence-corrected chi connectivity index (χ1v) is 9.88. The zero-order valence-electron chi connectivity index (χ0n) is 16.8. The van der Waals surface area contributed by atoms with Gasteiger partial charge in [0.05, 0.1) is 0 Å². The number of nitrogens with one attached hydrogen (secondary N) is 1. The smallest absolute Gasteiger partial charge is 0.0458 e. The van der Waals surface area contributed by atoms with Crippen LogP contribution in [0.25, 0.3) is 21.5 Å². The van der Waals surface area contributed by atoms with Crippen LogP contribution in [0.15, 0.2) is 54.6 Å². The van der Waals surface area contributed by atoms with Gasteiger partial charge in [-0.25, -0.2) is 0 Å². The average Bonchev–Trinajstić information content (AvgIpc) is 2.62. The van der Waals surface area contributed by atoms with Crippen molar-refractivity contribution in [3.05, 3.63) is 60.2 Å². The monoisotopic (exact) mass is 361 g/mol. The Labute approximate surface area is 161 Å². The third-order valence-electron chi connectivity index (χ3n) is 6.04. The summed E-state index contributed by atoms with van der Waals surface area (Å²) in [7, 11) is 0. The van der Waals surface area contributed by atoms with Crippen molar-refractivity contribution in [1.82, 2.24) is 10.4 Å². The van der Waals surface area contributed by atoms with E-state index < -0.39 is 0 Å². The van der Waals surface area contributed by atoms with Gasteiger partial charge in [-0.3, -0.25) is 0 Å². The minimum atomic E-state index is -0.347. The van der Waals surface area contributed by atoms with Crippen LogP contribution in [0.5, 0.6) is 0 Å². The summed E-state index contributed by atoms with van der Waals surface area (Å²) in [5, 5.41) is 22.9. The van der Waals surface area contributed by atoms with Crippen LogP contribution >= 0.6 is 0 Å². The first kappa shape index (κ1) is 18.4. The van der Waals surface area contributed by atoms with Gasteiger partial charge in [-0.15, -0.1) is 10.3 Å². The van der Waals surface area contributed by atoms with E-state index in [9.17, 15) is 5.21 Å². The number of benzene rings is 3. The highest BCUT2D eigenvalue weighted by atomic mass is 16.5. The summed E-state index contributed by atoms with van der Waals surface area (Å²) in [6.45, 7) is 9.05. The van der Waals surface area contributed by atoms with E-state index in [0.29, 0.717) is 6.04 Å². The van der Waals surface area contributed by atoms with E-state index >= 15 is 0 Å². The standard InChI is InChI=1S/C24H29N2O/c1-23(2)14-19(15-24(3,4)26(23)27)25-16-22-20-11-7-5-9-17(20)13-18-10-6-8-12-21(18)22/h5-13,19,25H,14-16H2,1-4H3. The van der Waals surface area contributed by atoms with Crippen molar-refractivity contribution in [3.63, 3.8) is 0 Å². The molecule has 1 N–H and O–H groups in total. The Kier molecular flexibility index (Phi) is 4.50. The number of piperidine rings is 1. The van der Waals surface area contributed by atoms with Gasteiger partial charge in [-0.1, -0.05) is 48.5 Å². The van der Waals surface area contributed by atoms with E-state index in [-0.39, 0.29) is 11.1 Å². The van der Waals surface area contributed by atoms with Crippen molar-refractivity contribution >= 4 is 21.5 Å². The molecule has 3 nitrogen and oxygen atoms in total. The van der Waals surface area contributed by atoms with E-state index in [2.05, 4.69) is 87.6 Å². The van der Waals surface area contributed by atoms with E-state index in [4.69, 9.17) is 0 Å². The van der Waals surface area contributed by atoms with Crippen molar-refractivity contribution < 1.29 is 5.21 Å². The normalized spacial score (nSPS) is 20.3. The Morgan fingerprint density at radius 2 is 1.37 bits per heavy atom. The highest BCUT2D eigenvalue weighted by Crippen LogP contribution is 2.37. The van der Waals surface area contributed by atoms with Gasteiger partial charge < -0.3 is 5.32 Å². The number of hydrogen-bond acceptors (Lipinski definition) is 2. The van der Waals surface area contributed by atoms with Crippen LogP contribution in [0.2, 0.25) is 0 Å². The highest BCUT2D eigenvalue weighted by molar-refractivity contribution is 6.02. The molecule has 3 heteroatoms. The summed E-state index contributed by atoms with van der Waals surface area (Å²) >= 11 is 0. The lowest BCUT2D eigenvalue weighted by molar-refractivity contribution is -0.290. The number of hydroxylamine groups is 2. The van der Waals surface area contributed by atoms with Gasteiger partial charge in [-0.2, -0.15) is 0 Å². The maximum atomic E-state index is 12.6. The first-order valence-electron chi connectivity index (χ1n) is 9.88. The largest absolute Gasteiger partial charge is 0.310 e. The van der Waals surface area contributed by atoms with Crippen molar-refractivity contribution in [1.29, 1.82) is 0 Å². The molecule has 3 aromatic rings. The molecule has 4 rings (SSSR count). The maximum Gasteiger partial charge on any atom is 0.0458 e. The molecule has 1 aliphatic rings. The highest BCUT2D eigenvalue weighted by Gasteiger charge is 2.45. The quantitative estimate of drug-likeness (QED) is 0.630.